The summed E-state index contributed by atoms with van der Waals surface area (Å²) >= 11 is 5.68. The summed E-state index contributed by atoms with van der Waals surface area (Å²) in [6.07, 6.45) is 1.29. The zero-order valence-corrected chi connectivity index (χ0v) is 13.3. The summed E-state index contributed by atoms with van der Waals surface area (Å²) in [5.41, 5.74) is 5.68. The zero-order chi connectivity index (χ0) is 15.6. The van der Waals surface area contributed by atoms with E-state index >= 15 is 0 Å². The highest BCUT2D eigenvalue weighted by molar-refractivity contribution is 7.89. The van der Waals surface area contributed by atoms with Crippen molar-refractivity contribution in [2.75, 3.05) is 25.4 Å². The van der Waals surface area contributed by atoms with Gasteiger partial charge in [-0.05, 0) is 31.9 Å². The van der Waals surface area contributed by atoms with E-state index in [4.69, 9.17) is 22.1 Å². The van der Waals surface area contributed by atoms with Gasteiger partial charge in [0.25, 0.3) is 0 Å². The molecule has 118 valence electrons. The van der Waals surface area contributed by atoms with Crippen LogP contribution in [-0.4, -0.2) is 38.5 Å². The molecule has 1 aliphatic heterocycles. The van der Waals surface area contributed by atoms with E-state index in [1.165, 1.54) is 10.4 Å². The van der Waals surface area contributed by atoms with E-state index in [1.54, 1.807) is 0 Å². The van der Waals surface area contributed by atoms with E-state index in [9.17, 15) is 12.8 Å². The van der Waals surface area contributed by atoms with Gasteiger partial charge in [0, 0.05) is 25.4 Å². The normalized spacial score (nSPS) is 20.6. The van der Waals surface area contributed by atoms with Crippen molar-refractivity contribution >= 4 is 27.3 Å². The van der Waals surface area contributed by atoms with E-state index in [2.05, 4.69) is 0 Å². The standard InChI is InChI=1S/C13H18ClFN2O3S/c1-2-20-10-4-3-5-17(8-10)21(18,19)12-7-9(16)6-11(14)13(12)15/h6-7,10H,2-5,8,16H2,1H3. The molecule has 8 heteroatoms. The lowest BCUT2D eigenvalue weighted by Gasteiger charge is -2.31. The van der Waals surface area contributed by atoms with Gasteiger partial charge in [0.1, 0.15) is 4.90 Å². The van der Waals surface area contributed by atoms with Crippen LogP contribution in [0, 0.1) is 5.82 Å². The molecule has 2 rings (SSSR count). The molecule has 0 spiro atoms. The molecule has 1 fully saturated rings. The third-order valence-corrected chi connectivity index (χ3v) is 5.52. The van der Waals surface area contributed by atoms with Gasteiger partial charge in [-0.3, -0.25) is 0 Å². The molecule has 2 N–H and O–H groups in total. The smallest absolute Gasteiger partial charge is 0.246 e. The second kappa shape index (κ2) is 6.48. The number of nitrogens with zero attached hydrogens (tertiary/aromatic N) is 1. The Morgan fingerprint density at radius 2 is 2.24 bits per heavy atom. The molecule has 1 atom stereocenters. The van der Waals surface area contributed by atoms with E-state index < -0.39 is 20.7 Å². The highest BCUT2D eigenvalue weighted by Gasteiger charge is 2.33. The predicted molar refractivity (Wildman–Crippen MR) is 79.2 cm³/mol. The summed E-state index contributed by atoms with van der Waals surface area (Å²) in [4.78, 5) is -0.482. The van der Waals surface area contributed by atoms with Crippen molar-refractivity contribution in [1.82, 2.24) is 4.31 Å². The van der Waals surface area contributed by atoms with Gasteiger partial charge in [-0.2, -0.15) is 4.31 Å². The van der Waals surface area contributed by atoms with E-state index in [1.807, 2.05) is 6.92 Å². The summed E-state index contributed by atoms with van der Waals surface area (Å²) < 4.78 is 45.9. The molecule has 1 unspecified atom stereocenters. The van der Waals surface area contributed by atoms with Crippen molar-refractivity contribution in [2.24, 2.45) is 0 Å². The van der Waals surface area contributed by atoms with Crippen LogP contribution in [-0.2, 0) is 14.8 Å². The number of ether oxygens (including phenoxy) is 1. The molecular formula is C13H18ClFN2O3S. The maximum atomic E-state index is 14.1. The van der Waals surface area contributed by atoms with Crippen LogP contribution in [0.25, 0.3) is 0 Å². The molecule has 1 aromatic rings. The molecule has 0 saturated carbocycles. The molecule has 1 heterocycles. The Bertz CT molecular complexity index is 622. The molecule has 0 aliphatic carbocycles. The van der Waals surface area contributed by atoms with Crippen LogP contribution in [0.1, 0.15) is 19.8 Å². The molecule has 1 aliphatic rings. The van der Waals surface area contributed by atoms with E-state index in [0.717, 1.165) is 12.5 Å². The van der Waals surface area contributed by atoms with Gasteiger partial charge >= 0.3 is 0 Å². The first-order valence-corrected chi connectivity index (χ1v) is 8.54. The van der Waals surface area contributed by atoms with Gasteiger partial charge < -0.3 is 10.5 Å². The summed E-state index contributed by atoms with van der Waals surface area (Å²) in [7, 11) is -3.98. The molecule has 0 amide bonds. The third kappa shape index (κ3) is 3.48. The number of nitrogen functional groups attached to an aromatic ring is 1. The molecule has 0 aromatic heterocycles. The predicted octanol–water partition coefficient (Wildman–Crippen LogP) is 2.25. The number of anilines is 1. The average molecular weight is 337 g/mol. The highest BCUT2D eigenvalue weighted by Crippen LogP contribution is 2.29. The Morgan fingerprint density at radius 1 is 1.52 bits per heavy atom. The number of sulfonamides is 1. The Morgan fingerprint density at radius 3 is 2.90 bits per heavy atom. The summed E-state index contributed by atoms with van der Waals surface area (Å²) in [5.74, 6) is -0.968. The van der Waals surface area contributed by atoms with Crippen LogP contribution >= 0.6 is 11.6 Å². The van der Waals surface area contributed by atoms with Crippen molar-refractivity contribution in [2.45, 2.75) is 30.8 Å². The second-order valence-electron chi connectivity index (χ2n) is 4.90. The quantitative estimate of drug-likeness (QED) is 0.856. The Hall–Kier alpha value is -0.890. The van der Waals surface area contributed by atoms with Gasteiger partial charge in [-0.1, -0.05) is 11.6 Å². The first kappa shape index (κ1) is 16.5. The number of hydrogen-bond acceptors (Lipinski definition) is 4. The average Bonchev–Trinajstić information content (AvgIpc) is 2.43. The highest BCUT2D eigenvalue weighted by atomic mass is 35.5. The summed E-state index contributed by atoms with van der Waals surface area (Å²) in [6.45, 7) is 2.90. The van der Waals surface area contributed by atoms with Crippen LogP contribution in [0.4, 0.5) is 10.1 Å². The van der Waals surface area contributed by atoms with Crippen molar-refractivity contribution in [3.63, 3.8) is 0 Å². The minimum atomic E-state index is -3.98. The summed E-state index contributed by atoms with van der Waals surface area (Å²) in [5, 5.41) is -0.299. The minimum absolute atomic E-state index is 0.110. The van der Waals surface area contributed by atoms with Gasteiger partial charge in [0.05, 0.1) is 11.1 Å². The summed E-state index contributed by atoms with van der Waals surface area (Å²) in [6, 6.07) is 2.29. The van der Waals surface area contributed by atoms with Gasteiger partial charge in [0.2, 0.25) is 10.0 Å². The van der Waals surface area contributed by atoms with Crippen molar-refractivity contribution < 1.29 is 17.5 Å². The number of piperidine rings is 1. The zero-order valence-electron chi connectivity index (χ0n) is 11.7. The fraction of sp³-hybridized carbons (Fsp3) is 0.538. The minimum Gasteiger partial charge on any atom is -0.399 e. The number of nitrogens with two attached hydrogens (primary N) is 1. The maximum Gasteiger partial charge on any atom is 0.246 e. The maximum absolute atomic E-state index is 14.1. The van der Waals surface area contributed by atoms with E-state index in [-0.39, 0.29) is 23.4 Å². The Labute approximate surface area is 128 Å². The number of rotatable bonds is 4. The van der Waals surface area contributed by atoms with Crippen LogP contribution in [0.3, 0.4) is 0 Å². The van der Waals surface area contributed by atoms with Crippen LogP contribution in [0.5, 0.6) is 0 Å². The topological polar surface area (TPSA) is 72.6 Å². The molecule has 1 aromatic carbocycles. The molecule has 21 heavy (non-hydrogen) atoms. The van der Waals surface area contributed by atoms with Gasteiger partial charge in [0.15, 0.2) is 5.82 Å². The largest absolute Gasteiger partial charge is 0.399 e. The number of halogens is 2. The SMILES string of the molecule is CCOC1CCCN(S(=O)(=O)c2cc(N)cc(Cl)c2F)C1. The van der Waals surface area contributed by atoms with Crippen LogP contribution in [0.2, 0.25) is 5.02 Å². The molecule has 5 nitrogen and oxygen atoms in total. The Kier molecular flexibility index (Phi) is 5.08. The first-order valence-electron chi connectivity index (χ1n) is 6.72. The van der Waals surface area contributed by atoms with Gasteiger partial charge in [-0.25, -0.2) is 12.8 Å². The molecule has 0 bridgehead atoms. The first-order chi connectivity index (χ1) is 9.86. The van der Waals surface area contributed by atoms with Crippen LogP contribution in [0.15, 0.2) is 17.0 Å². The number of benzene rings is 1. The molecule has 0 radical (unpaired) electrons. The lowest BCUT2D eigenvalue weighted by atomic mass is 10.1. The lowest BCUT2D eigenvalue weighted by Crippen LogP contribution is -2.43. The van der Waals surface area contributed by atoms with Gasteiger partial charge in [-0.15, -0.1) is 0 Å². The molecule has 1 saturated heterocycles. The third-order valence-electron chi connectivity index (χ3n) is 3.38. The number of hydrogen-bond donors (Lipinski definition) is 1. The lowest BCUT2D eigenvalue weighted by molar-refractivity contribution is 0.0264. The molecular weight excluding hydrogens is 319 g/mol. The second-order valence-corrected chi connectivity index (χ2v) is 7.21. The fourth-order valence-electron chi connectivity index (χ4n) is 2.41. The van der Waals surface area contributed by atoms with Crippen LogP contribution < -0.4 is 5.73 Å². The Balaban J connectivity index is 2.34. The van der Waals surface area contributed by atoms with Crippen molar-refractivity contribution in [1.29, 1.82) is 0 Å². The van der Waals surface area contributed by atoms with E-state index in [0.29, 0.717) is 19.6 Å². The van der Waals surface area contributed by atoms with Crippen molar-refractivity contribution in [3.05, 3.63) is 23.0 Å². The van der Waals surface area contributed by atoms with Crippen molar-refractivity contribution in [3.8, 4) is 0 Å². The monoisotopic (exact) mass is 336 g/mol. The fourth-order valence-corrected chi connectivity index (χ4v) is 4.32.